The van der Waals surface area contributed by atoms with Crippen LogP contribution in [0.3, 0.4) is 0 Å². The predicted molar refractivity (Wildman–Crippen MR) is 121 cm³/mol. The Bertz CT molecular complexity index is 941. The Morgan fingerprint density at radius 2 is 1.90 bits per heavy atom. The number of anilines is 1. The average Bonchev–Trinajstić information content (AvgIpc) is 3.18. The van der Waals surface area contributed by atoms with Crippen molar-refractivity contribution in [1.82, 2.24) is 4.98 Å². The van der Waals surface area contributed by atoms with E-state index in [4.69, 9.17) is 4.98 Å². The summed E-state index contributed by atoms with van der Waals surface area (Å²) in [6.45, 7) is 6.86. The number of thiazole rings is 1. The lowest BCUT2D eigenvalue weighted by molar-refractivity contribution is -0.898. The molecule has 0 radical (unpaired) electrons. The second-order valence-electron chi connectivity index (χ2n) is 7.95. The van der Waals surface area contributed by atoms with Crippen LogP contribution in [0, 0.1) is 0 Å². The molecule has 0 saturated carbocycles. The summed E-state index contributed by atoms with van der Waals surface area (Å²) in [5, 5.41) is 4.46. The number of hydrogen-bond acceptors (Lipinski definition) is 3. The van der Waals surface area contributed by atoms with E-state index in [1.165, 1.54) is 32.2 Å². The fraction of sp³-hybridized carbons (Fsp3) is 0.417. The van der Waals surface area contributed by atoms with Crippen molar-refractivity contribution >= 4 is 33.1 Å². The molecule has 2 aromatic carbocycles. The van der Waals surface area contributed by atoms with Crippen molar-refractivity contribution in [2.24, 2.45) is 0 Å². The van der Waals surface area contributed by atoms with Crippen LogP contribution in [0.4, 0.5) is 5.69 Å². The number of carbonyl (C=O) groups excluding carboxylic acids is 1. The van der Waals surface area contributed by atoms with E-state index in [1.54, 1.807) is 0 Å². The van der Waals surface area contributed by atoms with Crippen molar-refractivity contribution in [2.75, 3.05) is 25.0 Å². The van der Waals surface area contributed by atoms with Crippen LogP contribution in [-0.4, -0.2) is 30.5 Å². The fourth-order valence-corrected chi connectivity index (χ4v) is 5.50. The number of quaternary nitrogens is 1. The summed E-state index contributed by atoms with van der Waals surface area (Å²) in [6, 6.07) is 14.7. The number of aromatic nitrogens is 1. The number of likely N-dealkylation sites (tertiary alicyclic amines) is 1. The molecule has 5 heteroatoms. The van der Waals surface area contributed by atoms with Gasteiger partial charge in [0.25, 0.3) is 5.91 Å². The van der Waals surface area contributed by atoms with Crippen molar-refractivity contribution in [3.05, 3.63) is 58.6 Å². The third-order valence-corrected chi connectivity index (χ3v) is 7.15. The standard InChI is InChI=1S/C24H29N3OS/c1-3-17-9-7-10-18(4-2)23(17)26-22(28)16-27-14-8-11-19(15-27)24-25-20-12-5-6-13-21(20)29-24/h5-7,9-10,12-13,19H,3-4,8,11,14-16H2,1-2H3,(H,26,28)/p+1/t19-/m0/s1. The lowest BCUT2D eigenvalue weighted by Crippen LogP contribution is -3.14. The van der Waals surface area contributed by atoms with Crippen molar-refractivity contribution in [1.29, 1.82) is 0 Å². The van der Waals surface area contributed by atoms with Crippen LogP contribution >= 0.6 is 11.3 Å². The fourth-order valence-electron chi connectivity index (χ4n) is 4.40. The monoisotopic (exact) mass is 408 g/mol. The molecule has 3 aromatic rings. The van der Waals surface area contributed by atoms with Gasteiger partial charge in [0, 0.05) is 5.69 Å². The SMILES string of the molecule is CCc1cccc(CC)c1NC(=O)C[NH+]1CCC[C@H](c2nc3ccccc3s2)C1. The number of aryl methyl sites for hydroxylation is 2. The number of nitrogens with one attached hydrogen (secondary N) is 2. The molecular weight excluding hydrogens is 378 g/mol. The minimum atomic E-state index is 0.126. The van der Waals surface area contributed by atoms with Crippen LogP contribution < -0.4 is 10.2 Å². The van der Waals surface area contributed by atoms with Crippen molar-refractivity contribution < 1.29 is 9.69 Å². The van der Waals surface area contributed by atoms with Gasteiger partial charge in [0.15, 0.2) is 6.54 Å². The molecular formula is C24H30N3OS+. The highest BCUT2D eigenvalue weighted by atomic mass is 32.1. The number of piperidine rings is 1. The van der Waals surface area contributed by atoms with E-state index in [9.17, 15) is 4.79 Å². The van der Waals surface area contributed by atoms with E-state index in [0.717, 1.165) is 43.6 Å². The second kappa shape index (κ2) is 9.06. The average molecular weight is 409 g/mol. The highest BCUT2D eigenvalue weighted by Crippen LogP contribution is 2.30. The van der Waals surface area contributed by atoms with Crippen LogP contribution in [0.2, 0.25) is 0 Å². The van der Waals surface area contributed by atoms with Crippen molar-refractivity contribution in [3.8, 4) is 0 Å². The van der Waals surface area contributed by atoms with Gasteiger partial charge >= 0.3 is 0 Å². The highest BCUT2D eigenvalue weighted by Gasteiger charge is 2.28. The molecule has 1 aliphatic rings. The van der Waals surface area contributed by atoms with Gasteiger partial charge in [-0.1, -0.05) is 44.2 Å². The molecule has 1 saturated heterocycles. The number of fused-ring (bicyclic) bond motifs is 1. The summed E-state index contributed by atoms with van der Waals surface area (Å²) in [7, 11) is 0. The Balaban J connectivity index is 1.42. The van der Waals surface area contributed by atoms with E-state index in [1.807, 2.05) is 17.4 Å². The minimum absolute atomic E-state index is 0.126. The largest absolute Gasteiger partial charge is 0.327 e. The molecule has 1 amide bonds. The molecule has 152 valence electrons. The second-order valence-corrected chi connectivity index (χ2v) is 9.01. The minimum Gasteiger partial charge on any atom is -0.327 e. The van der Waals surface area contributed by atoms with Gasteiger partial charge < -0.3 is 10.2 Å². The van der Waals surface area contributed by atoms with Gasteiger partial charge in [-0.25, -0.2) is 4.98 Å². The molecule has 2 heterocycles. The first-order chi connectivity index (χ1) is 14.2. The first-order valence-corrected chi connectivity index (χ1v) is 11.6. The number of amides is 1. The zero-order valence-corrected chi connectivity index (χ0v) is 18.1. The molecule has 4 rings (SSSR count). The summed E-state index contributed by atoms with van der Waals surface area (Å²) in [5.41, 5.74) is 4.57. The maximum atomic E-state index is 12.9. The zero-order valence-electron chi connectivity index (χ0n) is 17.3. The number of para-hydroxylation sites is 2. The maximum Gasteiger partial charge on any atom is 0.279 e. The van der Waals surface area contributed by atoms with Gasteiger partial charge in [-0.15, -0.1) is 11.3 Å². The third-order valence-electron chi connectivity index (χ3n) is 5.95. The quantitative estimate of drug-likeness (QED) is 0.651. The van der Waals surface area contributed by atoms with Gasteiger partial charge in [-0.2, -0.15) is 0 Å². The highest BCUT2D eigenvalue weighted by molar-refractivity contribution is 7.18. The molecule has 0 bridgehead atoms. The molecule has 1 aromatic heterocycles. The molecule has 0 spiro atoms. The molecule has 2 N–H and O–H groups in total. The van der Waals surface area contributed by atoms with Crippen LogP contribution in [0.25, 0.3) is 10.2 Å². The zero-order chi connectivity index (χ0) is 20.2. The smallest absolute Gasteiger partial charge is 0.279 e. The Labute approximate surface area is 177 Å². The Morgan fingerprint density at radius 1 is 1.14 bits per heavy atom. The van der Waals surface area contributed by atoms with Gasteiger partial charge in [0.2, 0.25) is 0 Å². The van der Waals surface area contributed by atoms with Gasteiger partial charge in [-0.3, -0.25) is 4.79 Å². The van der Waals surface area contributed by atoms with E-state index in [0.29, 0.717) is 12.5 Å². The van der Waals surface area contributed by atoms with Crippen LogP contribution in [-0.2, 0) is 17.6 Å². The van der Waals surface area contributed by atoms with E-state index < -0.39 is 0 Å². The van der Waals surface area contributed by atoms with Crippen molar-refractivity contribution in [2.45, 2.75) is 45.4 Å². The summed E-state index contributed by atoms with van der Waals surface area (Å²) < 4.78 is 1.26. The lowest BCUT2D eigenvalue weighted by atomic mass is 9.98. The topological polar surface area (TPSA) is 46.4 Å². The Morgan fingerprint density at radius 3 is 2.62 bits per heavy atom. The van der Waals surface area contributed by atoms with Gasteiger partial charge in [-0.05, 0) is 48.9 Å². The Kier molecular flexibility index (Phi) is 6.26. The van der Waals surface area contributed by atoms with Crippen molar-refractivity contribution in [3.63, 3.8) is 0 Å². The van der Waals surface area contributed by atoms with Crippen LogP contribution in [0.5, 0.6) is 0 Å². The lowest BCUT2D eigenvalue weighted by Gasteiger charge is -2.28. The molecule has 1 fully saturated rings. The first-order valence-electron chi connectivity index (χ1n) is 10.8. The summed E-state index contributed by atoms with van der Waals surface area (Å²) in [6.07, 6.45) is 4.18. The van der Waals surface area contributed by atoms with Crippen LogP contribution in [0.1, 0.15) is 48.7 Å². The summed E-state index contributed by atoms with van der Waals surface area (Å²) in [5.74, 6) is 0.582. The molecule has 2 atom stereocenters. The molecule has 1 aliphatic heterocycles. The predicted octanol–water partition coefficient (Wildman–Crippen LogP) is 3.82. The molecule has 29 heavy (non-hydrogen) atoms. The van der Waals surface area contributed by atoms with E-state index in [2.05, 4.69) is 55.6 Å². The number of carbonyl (C=O) groups is 1. The van der Waals surface area contributed by atoms with E-state index in [-0.39, 0.29) is 5.91 Å². The normalized spacial score (nSPS) is 19.4. The Hall–Kier alpha value is -2.24. The van der Waals surface area contributed by atoms with Gasteiger partial charge in [0.05, 0.1) is 29.2 Å². The molecule has 4 nitrogen and oxygen atoms in total. The molecule has 1 unspecified atom stereocenters. The number of benzene rings is 2. The summed E-state index contributed by atoms with van der Waals surface area (Å²) >= 11 is 1.81. The third kappa shape index (κ3) is 4.51. The summed E-state index contributed by atoms with van der Waals surface area (Å²) in [4.78, 5) is 19.1. The first kappa shape index (κ1) is 20.0. The maximum absolute atomic E-state index is 12.9. The van der Waals surface area contributed by atoms with Crippen LogP contribution in [0.15, 0.2) is 42.5 Å². The molecule has 0 aliphatic carbocycles. The number of hydrogen-bond donors (Lipinski definition) is 2. The van der Waals surface area contributed by atoms with E-state index >= 15 is 0 Å². The number of nitrogens with zero attached hydrogens (tertiary/aromatic N) is 1. The number of rotatable bonds is 6. The van der Waals surface area contributed by atoms with Gasteiger partial charge in [0.1, 0.15) is 5.01 Å².